The van der Waals surface area contributed by atoms with Gasteiger partial charge in [-0.3, -0.25) is 9.88 Å². The number of hydrogen-bond acceptors (Lipinski definition) is 10. The van der Waals surface area contributed by atoms with Crippen molar-refractivity contribution in [1.82, 2.24) is 9.88 Å². The number of ether oxygens (including phenoxy) is 4. The summed E-state index contributed by atoms with van der Waals surface area (Å²) in [6.45, 7) is 8.90. The zero-order valence-electron chi connectivity index (χ0n) is 35.1. The second-order valence-electron chi connectivity index (χ2n) is 16.0. The van der Waals surface area contributed by atoms with Gasteiger partial charge < -0.3 is 34.0 Å². The summed E-state index contributed by atoms with van der Waals surface area (Å²) in [6, 6.07) is 25.4. The summed E-state index contributed by atoms with van der Waals surface area (Å²) in [5, 5.41) is 26.6. The second-order valence-corrected chi connectivity index (χ2v) is 16.0. The third kappa shape index (κ3) is 8.94. The quantitative estimate of drug-likeness (QED) is 0.0541. The number of aromatic nitrogens is 1. The summed E-state index contributed by atoms with van der Waals surface area (Å²) in [6.07, 6.45) is 8.52. The Hall–Kier alpha value is -5.23. The predicted molar refractivity (Wildman–Crippen MR) is 232 cm³/mol. The van der Waals surface area contributed by atoms with Crippen LogP contribution in [0.25, 0.3) is 10.8 Å². The number of rotatable bonds is 19. The largest absolute Gasteiger partial charge is 0.487 e. The van der Waals surface area contributed by atoms with Crippen molar-refractivity contribution in [3.63, 3.8) is 0 Å². The van der Waals surface area contributed by atoms with E-state index in [2.05, 4.69) is 41.9 Å². The highest BCUT2D eigenvalue weighted by molar-refractivity contribution is 6.03. The van der Waals surface area contributed by atoms with E-state index in [-0.39, 0.29) is 57.1 Å². The average molecular weight is 818 g/mol. The van der Waals surface area contributed by atoms with Gasteiger partial charge in [0, 0.05) is 36.8 Å². The van der Waals surface area contributed by atoms with Gasteiger partial charge in [0.2, 0.25) is 5.79 Å². The molecule has 1 aromatic heterocycles. The van der Waals surface area contributed by atoms with Crippen LogP contribution in [0.5, 0.6) is 11.5 Å². The first kappa shape index (κ1) is 42.9. The molecule has 318 valence electrons. The molecule has 2 aliphatic carbocycles. The molecule has 0 saturated heterocycles. The van der Waals surface area contributed by atoms with Crippen LogP contribution < -0.4 is 9.47 Å². The number of allylic oxidation sites excluding steroid dienone is 1. The smallest absolute Gasteiger partial charge is 0.410 e. The van der Waals surface area contributed by atoms with Gasteiger partial charge in [0.25, 0.3) is 0 Å². The fraction of sp³-hybridized carbons (Fsp3) is 0.449. The van der Waals surface area contributed by atoms with Crippen LogP contribution in [-0.2, 0) is 27.5 Å². The molecule has 0 radical (unpaired) electrons. The third-order valence-corrected chi connectivity index (χ3v) is 12.3. The molecule has 11 heteroatoms. The van der Waals surface area contributed by atoms with E-state index in [4.69, 9.17) is 28.9 Å². The number of benzene rings is 3. The van der Waals surface area contributed by atoms with Crippen molar-refractivity contribution in [3.05, 3.63) is 126 Å². The van der Waals surface area contributed by atoms with Crippen molar-refractivity contribution in [2.24, 2.45) is 22.9 Å². The molecule has 0 spiro atoms. The number of nitrogens with zero attached hydrogens (tertiary/aromatic N) is 3. The summed E-state index contributed by atoms with van der Waals surface area (Å²) in [7, 11) is 1.55. The number of aliphatic hydroxyl groups excluding tert-OH is 2. The van der Waals surface area contributed by atoms with Gasteiger partial charge in [0.05, 0.1) is 37.1 Å². The first-order chi connectivity index (χ1) is 29.3. The molecule has 1 fully saturated rings. The summed E-state index contributed by atoms with van der Waals surface area (Å²) in [4.78, 5) is 26.6. The molecule has 0 bridgehead atoms. The molecule has 1 amide bonds. The van der Waals surface area contributed by atoms with Gasteiger partial charge in [-0.1, -0.05) is 78.7 Å². The highest BCUT2D eigenvalue weighted by Crippen LogP contribution is 2.62. The molecule has 3 aliphatic rings. The van der Waals surface area contributed by atoms with Gasteiger partial charge in [0.1, 0.15) is 31.3 Å². The number of carbonyl (C=O) groups is 1. The Morgan fingerprint density at radius 3 is 2.57 bits per heavy atom. The summed E-state index contributed by atoms with van der Waals surface area (Å²) < 4.78 is 26.8. The second kappa shape index (κ2) is 19.9. The van der Waals surface area contributed by atoms with E-state index >= 15 is 0 Å². The Balaban J connectivity index is 1.43. The van der Waals surface area contributed by atoms with E-state index in [1.165, 1.54) is 0 Å². The van der Waals surface area contributed by atoms with E-state index in [1.54, 1.807) is 18.1 Å². The molecule has 2 N–H and O–H groups in total. The SMILES string of the molecule is C=CCO[C@@]12Oc3ccc(OCc4cccc(C)n4)cc3[C@H]3[C@H](CCCCO)[C@@H](CCCCO)C=C(C(=NOC)C[C@@H]1N(Cc1cccc4ccccc14)C(=O)OCC)[C@H]32. The Labute approximate surface area is 353 Å². The molecule has 1 aliphatic heterocycles. The molecule has 1 saturated carbocycles. The minimum atomic E-state index is -1.42. The fourth-order valence-electron chi connectivity index (χ4n) is 9.81. The van der Waals surface area contributed by atoms with Crippen LogP contribution in [0.1, 0.15) is 80.3 Å². The maximum absolute atomic E-state index is 14.5. The van der Waals surface area contributed by atoms with Gasteiger partial charge in [-0.2, -0.15) is 0 Å². The lowest BCUT2D eigenvalue weighted by Crippen LogP contribution is -2.70. The molecule has 11 nitrogen and oxygen atoms in total. The molecule has 60 heavy (non-hydrogen) atoms. The zero-order valence-corrected chi connectivity index (χ0v) is 35.1. The van der Waals surface area contributed by atoms with Crippen LogP contribution in [0.15, 0.2) is 108 Å². The topological polar surface area (TPSA) is 132 Å². The number of hydrogen-bond donors (Lipinski definition) is 2. The van der Waals surface area contributed by atoms with Crippen LogP contribution in [0.3, 0.4) is 0 Å². The van der Waals surface area contributed by atoms with Crippen molar-refractivity contribution < 1.29 is 38.8 Å². The number of amides is 1. The maximum Gasteiger partial charge on any atom is 0.410 e. The number of carbonyl (C=O) groups excluding carboxylic acids is 1. The van der Waals surface area contributed by atoms with Crippen LogP contribution >= 0.6 is 0 Å². The van der Waals surface area contributed by atoms with Gasteiger partial charge >= 0.3 is 6.09 Å². The molecule has 6 atom stereocenters. The molecular weight excluding hydrogens is 759 g/mol. The van der Waals surface area contributed by atoms with Crippen molar-refractivity contribution in [2.75, 3.05) is 33.5 Å². The van der Waals surface area contributed by atoms with E-state index < -0.39 is 23.8 Å². The van der Waals surface area contributed by atoms with Crippen molar-refractivity contribution in [1.29, 1.82) is 0 Å². The lowest BCUT2D eigenvalue weighted by molar-refractivity contribution is -0.256. The molecule has 2 heterocycles. The van der Waals surface area contributed by atoms with Gasteiger partial charge in [-0.15, -0.1) is 6.58 Å². The summed E-state index contributed by atoms with van der Waals surface area (Å²) in [5.41, 5.74) is 5.36. The molecule has 3 aromatic carbocycles. The number of aryl methyl sites for hydroxylation is 1. The normalized spacial score (nSPS) is 23.5. The Morgan fingerprint density at radius 1 is 1.02 bits per heavy atom. The van der Waals surface area contributed by atoms with Gasteiger partial charge in [0.15, 0.2) is 0 Å². The van der Waals surface area contributed by atoms with Crippen molar-refractivity contribution >= 4 is 22.6 Å². The molecule has 0 unspecified atom stereocenters. The minimum absolute atomic E-state index is 0.0729. The van der Waals surface area contributed by atoms with Gasteiger partial charge in [-0.25, -0.2) is 4.79 Å². The zero-order chi connectivity index (χ0) is 42.1. The lowest BCUT2D eigenvalue weighted by atomic mass is 9.55. The Morgan fingerprint density at radius 2 is 1.80 bits per heavy atom. The predicted octanol–water partition coefficient (Wildman–Crippen LogP) is 9.04. The van der Waals surface area contributed by atoms with Gasteiger partial charge in [-0.05, 0) is 104 Å². The standard InChI is InChI=1S/C49H59N3O8/c1-5-27-59-49-45(52(48(55)57-6-2)31-36-19-14-18-34-16-7-8-21-39(34)36)30-43(51-56-4)41-28-35(17-9-11-25-53)40(22-10-12-26-54)46(47(41)49)42-29-38(23-24-44(42)60-49)58-32-37-20-13-15-33(3)50-37/h5,7-8,13-16,18-21,23-24,28-29,35,40,45-47,53-54H,1,6,9-12,17,22,25-27,30-32H2,2-4H3/t35-,40+,45-,46+,47+,49+/m0/s1. The first-order valence-corrected chi connectivity index (χ1v) is 21.4. The van der Waals surface area contributed by atoms with Crippen LogP contribution in [-0.4, -0.2) is 77.3 Å². The minimum Gasteiger partial charge on any atom is -0.487 e. The fourth-order valence-corrected chi connectivity index (χ4v) is 9.81. The number of oxime groups is 1. The Kier molecular flexibility index (Phi) is 14.2. The Bertz CT molecular complexity index is 2170. The highest BCUT2D eigenvalue weighted by Gasteiger charge is 2.65. The summed E-state index contributed by atoms with van der Waals surface area (Å²) in [5.74, 6) is -0.553. The lowest BCUT2D eigenvalue weighted by Gasteiger charge is -2.59. The number of aliphatic hydroxyl groups is 2. The highest BCUT2D eigenvalue weighted by atomic mass is 16.7. The van der Waals surface area contributed by atoms with Crippen LogP contribution in [0.4, 0.5) is 4.79 Å². The third-order valence-electron chi connectivity index (χ3n) is 12.3. The molecule has 7 rings (SSSR count). The van der Waals surface area contributed by atoms with E-state index in [0.717, 1.165) is 64.5 Å². The number of pyridine rings is 1. The summed E-state index contributed by atoms with van der Waals surface area (Å²) >= 11 is 0. The average Bonchev–Trinajstić information content (AvgIpc) is 3.26. The first-order valence-electron chi connectivity index (χ1n) is 21.4. The van der Waals surface area contributed by atoms with Crippen molar-refractivity contribution in [3.8, 4) is 11.5 Å². The van der Waals surface area contributed by atoms with Crippen LogP contribution in [0, 0.1) is 24.7 Å². The van der Waals surface area contributed by atoms with Crippen LogP contribution in [0.2, 0.25) is 0 Å². The monoisotopic (exact) mass is 817 g/mol. The molecular formula is C49H59N3O8. The molecule has 4 aromatic rings. The van der Waals surface area contributed by atoms with E-state index in [1.807, 2.05) is 68.4 Å². The van der Waals surface area contributed by atoms with E-state index in [9.17, 15) is 15.0 Å². The number of fused-ring (bicyclic) bond motifs is 3. The van der Waals surface area contributed by atoms with E-state index in [0.29, 0.717) is 36.7 Å². The van der Waals surface area contributed by atoms with Crippen molar-refractivity contribution in [2.45, 2.75) is 89.7 Å². The maximum atomic E-state index is 14.5. The number of unbranched alkanes of at least 4 members (excludes halogenated alkanes) is 2.